The first-order chi connectivity index (χ1) is 8.40. The molecular formula is C12H13F3N2O. The molecule has 0 fully saturated rings. The number of hydrogen-bond donors (Lipinski definition) is 0. The summed E-state index contributed by atoms with van der Waals surface area (Å²) in [6.45, 7) is 0.227. The zero-order valence-corrected chi connectivity index (χ0v) is 9.87. The first-order valence-corrected chi connectivity index (χ1v) is 5.29. The molecule has 0 saturated carbocycles. The quantitative estimate of drug-likeness (QED) is 0.814. The minimum atomic E-state index is -4.58. The van der Waals surface area contributed by atoms with Crippen molar-refractivity contribution in [3.63, 3.8) is 0 Å². The van der Waals surface area contributed by atoms with Crippen LogP contribution in [-0.2, 0) is 11.3 Å². The zero-order chi connectivity index (χ0) is 13.6. The van der Waals surface area contributed by atoms with E-state index >= 15 is 0 Å². The fourth-order valence-electron chi connectivity index (χ4n) is 1.45. The van der Waals surface area contributed by atoms with Crippen molar-refractivity contribution < 1.29 is 17.9 Å². The molecule has 0 aliphatic carbocycles. The summed E-state index contributed by atoms with van der Waals surface area (Å²) < 4.78 is 39.0. The Bertz CT molecular complexity index is 426. The maximum absolute atomic E-state index is 11.8. The van der Waals surface area contributed by atoms with Gasteiger partial charge in [-0.3, -0.25) is 9.64 Å². The van der Waals surface area contributed by atoms with Crippen LogP contribution < -0.4 is 0 Å². The fraction of sp³-hybridized carbons (Fsp3) is 0.417. The average Bonchev–Trinajstić information content (AvgIpc) is 2.27. The minimum absolute atomic E-state index is 0.163. The third-order valence-corrected chi connectivity index (χ3v) is 2.25. The van der Waals surface area contributed by atoms with Crippen LogP contribution in [0.2, 0.25) is 0 Å². The molecule has 1 aromatic rings. The number of benzene rings is 1. The van der Waals surface area contributed by atoms with Crippen LogP contribution in [0.15, 0.2) is 24.3 Å². The maximum Gasteiger partial charge on any atom is 0.522 e. The van der Waals surface area contributed by atoms with Gasteiger partial charge in [-0.1, -0.05) is 12.1 Å². The van der Waals surface area contributed by atoms with Crippen molar-refractivity contribution >= 4 is 0 Å². The molecule has 1 aromatic carbocycles. The number of alkyl halides is 3. The van der Waals surface area contributed by atoms with E-state index in [4.69, 9.17) is 5.26 Å². The SMILES string of the molecule is CN(CCOC(F)(F)F)Cc1cccc(C#N)c1. The molecule has 18 heavy (non-hydrogen) atoms. The highest BCUT2D eigenvalue weighted by atomic mass is 19.4. The fourth-order valence-corrected chi connectivity index (χ4v) is 1.45. The second-order valence-electron chi connectivity index (χ2n) is 3.84. The lowest BCUT2D eigenvalue weighted by Crippen LogP contribution is -2.26. The highest BCUT2D eigenvalue weighted by Crippen LogP contribution is 2.15. The van der Waals surface area contributed by atoms with E-state index in [1.807, 2.05) is 12.1 Å². The van der Waals surface area contributed by atoms with Crippen LogP contribution in [-0.4, -0.2) is 31.5 Å². The molecule has 0 spiro atoms. The van der Waals surface area contributed by atoms with Crippen molar-refractivity contribution in [3.05, 3.63) is 35.4 Å². The smallest absolute Gasteiger partial charge is 0.300 e. The second-order valence-corrected chi connectivity index (χ2v) is 3.84. The van der Waals surface area contributed by atoms with Gasteiger partial charge in [-0.05, 0) is 24.7 Å². The van der Waals surface area contributed by atoms with E-state index in [2.05, 4.69) is 4.74 Å². The molecule has 0 N–H and O–H groups in total. The summed E-state index contributed by atoms with van der Waals surface area (Å²) in [5, 5.41) is 8.72. The molecule has 0 radical (unpaired) electrons. The summed E-state index contributed by atoms with van der Waals surface area (Å²) in [6.07, 6.45) is -4.58. The molecule has 1 rings (SSSR count). The van der Waals surface area contributed by atoms with Crippen LogP contribution in [0.4, 0.5) is 13.2 Å². The topological polar surface area (TPSA) is 36.3 Å². The van der Waals surface area contributed by atoms with Crippen molar-refractivity contribution in [3.8, 4) is 6.07 Å². The van der Waals surface area contributed by atoms with Gasteiger partial charge < -0.3 is 0 Å². The summed E-state index contributed by atoms with van der Waals surface area (Å²) in [5.74, 6) is 0. The van der Waals surface area contributed by atoms with E-state index in [0.717, 1.165) is 5.56 Å². The van der Waals surface area contributed by atoms with E-state index in [1.54, 1.807) is 30.1 Å². The van der Waals surface area contributed by atoms with Gasteiger partial charge in [0.05, 0.1) is 18.2 Å². The molecular weight excluding hydrogens is 245 g/mol. The number of likely N-dealkylation sites (N-methyl/N-ethyl adjacent to an activating group) is 1. The number of halogens is 3. The Kier molecular flexibility index (Phi) is 5.13. The average molecular weight is 258 g/mol. The Morgan fingerprint density at radius 1 is 1.39 bits per heavy atom. The normalized spacial score (nSPS) is 11.6. The third kappa shape index (κ3) is 5.66. The van der Waals surface area contributed by atoms with Gasteiger partial charge in [0.1, 0.15) is 0 Å². The summed E-state index contributed by atoms with van der Waals surface area (Å²) in [5.41, 5.74) is 1.41. The lowest BCUT2D eigenvalue weighted by atomic mass is 10.1. The Morgan fingerprint density at radius 3 is 2.72 bits per heavy atom. The minimum Gasteiger partial charge on any atom is -0.300 e. The van der Waals surface area contributed by atoms with Crippen molar-refractivity contribution in [2.75, 3.05) is 20.2 Å². The summed E-state index contributed by atoms with van der Waals surface area (Å²) in [6, 6.07) is 8.96. The molecule has 0 aliphatic rings. The Labute approximate surface area is 103 Å². The van der Waals surface area contributed by atoms with Gasteiger partial charge >= 0.3 is 6.36 Å². The number of rotatable bonds is 5. The molecule has 6 heteroatoms. The molecule has 0 unspecified atom stereocenters. The highest BCUT2D eigenvalue weighted by Gasteiger charge is 2.28. The van der Waals surface area contributed by atoms with Gasteiger partial charge in [0.2, 0.25) is 0 Å². The van der Waals surface area contributed by atoms with E-state index in [-0.39, 0.29) is 6.54 Å². The van der Waals surface area contributed by atoms with Crippen LogP contribution in [0.1, 0.15) is 11.1 Å². The van der Waals surface area contributed by atoms with Crippen LogP contribution >= 0.6 is 0 Å². The highest BCUT2D eigenvalue weighted by molar-refractivity contribution is 5.32. The Morgan fingerprint density at radius 2 is 2.11 bits per heavy atom. The lowest BCUT2D eigenvalue weighted by molar-refractivity contribution is -0.324. The van der Waals surface area contributed by atoms with Crippen molar-refractivity contribution in [1.82, 2.24) is 4.90 Å². The van der Waals surface area contributed by atoms with Gasteiger partial charge in [0, 0.05) is 13.1 Å². The van der Waals surface area contributed by atoms with E-state index < -0.39 is 13.0 Å². The van der Waals surface area contributed by atoms with Crippen molar-refractivity contribution in [2.45, 2.75) is 12.9 Å². The third-order valence-electron chi connectivity index (χ3n) is 2.25. The van der Waals surface area contributed by atoms with Crippen molar-refractivity contribution in [1.29, 1.82) is 5.26 Å². The first kappa shape index (κ1) is 14.5. The molecule has 0 bridgehead atoms. The lowest BCUT2D eigenvalue weighted by Gasteiger charge is -2.17. The predicted molar refractivity (Wildman–Crippen MR) is 59.5 cm³/mol. The molecule has 0 saturated heterocycles. The molecule has 0 aliphatic heterocycles. The van der Waals surface area contributed by atoms with Gasteiger partial charge in [0.25, 0.3) is 0 Å². The number of nitriles is 1. The van der Waals surface area contributed by atoms with Crippen LogP contribution in [0.25, 0.3) is 0 Å². The van der Waals surface area contributed by atoms with Gasteiger partial charge in [0.15, 0.2) is 0 Å². The van der Waals surface area contributed by atoms with Gasteiger partial charge in [-0.2, -0.15) is 5.26 Å². The summed E-state index contributed by atoms with van der Waals surface area (Å²) >= 11 is 0. The standard InChI is InChI=1S/C12H13F3N2O/c1-17(5-6-18-12(13,14)15)9-11-4-2-3-10(7-11)8-16/h2-4,7H,5-6,9H2,1H3. The van der Waals surface area contributed by atoms with Crippen LogP contribution in [0, 0.1) is 11.3 Å². The van der Waals surface area contributed by atoms with E-state index in [1.165, 1.54) is 0 Å². The number of nitrogens with zero attached hydrogens (tertiary/aromatic N) is 2. The largest absolute Gasteiger partial charge is 0.522 e. The first-order valence-electron chi connectivity index (χ1n) is 5.29. The molecule has 98 valence electrons. The Balaban J connectivity index is 2.40. The second kappa shape index (κ2) is 6.38. The number of ether oxygens (including phenoxy) is 1. The van der Waals surface area contributed by atoms with E-state index in [9.17, 15) is 13.2 Å². The molecule has 0 heterocycles. The summed E-state index contributed by atoms with van der Waals surface area (Å²) in [4.78, 5) is 1.70. The Hall–Kier alpha value is -1.58. The summed E-state index contributed by atoms with van der Waals surface area (Å²) in [7, 11) is 1.69. The van der Waals surface area contributed by atoms with Crippen LogP contribution in [0.5, 0.6) is 0 Å². The maximum atomic E-state index is 11.8. The van der Waals surface area contributed by atoms with Crippen molar-refractivity contribution in [2.24, 2.45) is 0 Å². The monoisotopic (exact) mass is 258 g/mol. The predicted octanol–water partition coefficient (Wildman–Crippen LogP) is 2.53. The van der Waals surface area contributed by atoms with Crippen LogP contribution in [0.3, 0.4) is 0 Å². The van der Waals surface area contributed by atoms with Gasteiger partial charge in [-0.15, -0.1) is 13.2 Å². The molecule has 3 nitrogen and oxygen atoms in total. The number of hydrogen-bond acceptors (Lipinski definition) is 3. The zero-order valence-electron chi connectivity index (χ0n) is 9.87. The molecule has 0 atom stereocenters. The van der Waals surface area contributed by atoms with E-state index in [0.29, 0.717) is 12.1 Å². The molecule has 0 aromatic heterocycles. The van der Waals surface area contributed by atoms with Gasteiger partial charge in [-0.25, -0.2) is 0 Å². The molecule has 0 amide bonds.